The SMILES string of the molecule is O=C(CCOc1ccccc1[N+](=O)[O-])N1CCCC1c1cccs1. The summed E-state index contributed by atoms with van der Waals surface area (Å²) in [6.07, 6.45) is 2.20. The van der Waals surface area contributed by atoms with Gasteiger partial charge in [0.2, 0.25) is 5.91 Å². The topological polar surface area (TPSA) is 72.7 Å². The van der Waals surface area contributed by atoms with Gasteiger partial charge in [-0.2, -0.15) is 0 Å². The van der Waals surface area contributed by atoms with Gasteiger partial charge in [0.15, 0.2) is 5.75 Å². The van der Waals surface area contributed by atoms with Gasteiger partial charge in [-0.15, -0.1) is 11.3 Å². The number of nitro benzene ring substituents is 1. The van der Waals surface area contributed by atoms with Gasteiger partial charge in [0.25, 0.3) is 0 Å². The van der Waals surface area contributed by atoms with Crippen molar-refractivity contribution in [2.75, 3.05) is 13.2 Å². The number of ether oxygens (including phenoxy) is 1. The lowest BCUT2D eigenvalue weighted by molar-refractivity contribution is -0.385. The predicted octanol–water partition coefficient (Wildman–Crippen LogP) is 3.79. The van der Waals surface area contributed by atoms with Gasteiger partial charge in [0.1, 0.15) is 0 Å². The van der Waals surface area contributed by atoms with Crippen LogP contribution in [0.2, 0.25) is 0 Å². The number of carbonyl (C=O) groups excluding carboxylic acids is 1. The Morgan fingerprint density at radius 1 is 1.33 bits per heavy atom. The van der Waals surface area contributed by atoms with E-state index in [1.807, 2.05) is 16.3 Å². The fourth-order valence-corrected chi connectivity index (χ4v) is 3.84. The van der Waals surface area contributed by atoms with Gasteiger partial charge in [-0.25, -0.2) is 0 Å². The van der Waals surface area contributed by atoms with E-state index in [1.165, 1.54) is 10.9 Å². The minimum atomic E-state index is -0.482. The zero-order valence-electron chi connectivity index (χ0n) is 13.1. The summed E-state index contributed by atoms with van der Waals surface area (Å²) in [6.45, 7) is 0.893. The molecular weight excluding hydrogens is 328 g/mol. The van der Waals surface area contributed by atoms with Gasteiger partial charge in [0, 0.05) is 17.5 Å². The molecule has 1 aliphatic rings. The Bertz CT molecular complexity index is 717. The van der Waals surface area contributed by atoms with Crippen LogP contribution < -0.4 is 4.74 Å². The standard InChI is InChI=1S/C17H18N2O4S/c20-17(18-10-3-6-14(18)16-8-4-12-24-16)9-11-23-15-7-2-1-5-13(15)19(21)22/h1-2,4-5,7-8,12,14H,3,6,9-11H2. The number of thiophene rings is 1. The molecule has 1 aromatic heterocycles. The summed E-state index contributed by atoms with van der Waals surface area (Å²) in [4.78, 5) is 26.1. The van der Waals surface area contributed by atoms with Crippen LogP contribution in [-0.4, -0.2) is 28.9 Å². The van der Waals surface area contributed by atoms with Gasteiger partial charge in [-0.05, 0) is 30.4 Å². The van der Waals surface area contributed by atoms with E-state index in [4.69, 9.17) is 4.74 Å². The minimum Gasteiger partial charge on any atom is -0.486 e. The van der Waals surface area contributed by atoms with E-state index in [9.17, 15) is 14.9 Å². The molecule has 1 saturated heterocycles. The highest BCUT2D eigenvalue weighted by Crippen LogP contribution is 2.35. The van der Waals surface area contributed by atoms with Crippen molar-refractivity contribution in [1.29, 1.82) is 0 Å². The van der Waals surface area contributed by atoms with Crippen molar-refractivity contribution in [3.8, 4) is 5.75 Å². The summed E-state index contributed by atoms with van der Waals surface area (Å²) >= 11 is 1.67. The maximum atomic E-state index is 12.5. The Morgan fingerprint density at radius 3 is 2.92 bits per heavy atom. The van der Waals surface area contributed by atoms with E-state index in [0.717, 1.165) is 19.4 Å². The third kappa shape index (κ3) is 3.56. The van der Waals surface area contributed by atoms with Crippen LogP contribution >= 0.6 is 11.3 Å². The maximum Gasteiger partial charge on any atom is 0.310 e. The van der Waals surface area contributed by atoms with E-state index in [1.54, 1.807) is 29.5 Å². The number of hydrogen-bond acceptors (Lipinski definition) is 5. The largest absolute Gasteiger partial charge is 0.486 e. The van der Waals surface area contributed by atoms with Gasteiger partial charge in [0.05, 0.1) is 24.0 Å². The number of likely N-dealkylation sites (tertiary alicyclic amines) is 1. The van der Waals surface area contributed by atoms with Crippen LogP contribution in [-0.2, 0) is 4.79 Å². The van der Waals surface area contributed by atoms with Crippen molar-refractivity contribution in [2.24, 2.45) is 0 Å². The van der Waals surface area contributed by atoms with E-state index >= 15 is 0 Å². The first-order chi connectivity index (χ1) is 11.7. The third-order valence-electron chi connectivity index (χ3n) is 4.08. The summed E-state index contributed by atoms with van der Waals surface area (Å²) in [7, 11) is 0. The van der Waals surface area contributed by atoms with Gasteiger partial charge < -0.3 is 9.64 Å². The van der Waals surface area contributed by atoms with Crippen molar-refractivity contribution in [3.05, 3.63) is 56.8 Å². The fraction of sp³-hybridized carbons (Fsp3) is 0.353. The number of benzene rings is 1. The van der Waals surface area contributed by atoms with Crippen LogP contribution in [0.1, 0.15) is 30.2 Å². The molecule has 1 aromatic carbocycles. The predicted molar refractivity (Wildman–Crippen MR) is 91.2 cm³/mol. The quantitative estimate of drug-likeness (QED) is 0.589. The van der Waals surface area contributed by atoms with Crippen LogP contribution in [0.4, 0.5) is 5.69 Å². The molecule has 24 heavy (non-hydrogen) atoms. The lowest BCUT2D eigenvalue weighted by Gasteiger charge is -2.24. The molecular formula is C17H18N2O4S. The molecule has 7 heteroatoms. The van der Waals surface area contributed by atoms with Crippen LogP contribution in [0.25, 0.3) is 0 Å². The molecule has 0 spiro atoms. The zero-order valence-corrected chi connectivity index (χ0v) is 13.9. The molecule has 1 aliphatic heterocycles. The molecule has 3 rings (SSSR count). The Morgan fingerprint density at radius 2 is 2.17 bits per heavy atom. The number of para-hydroxylation sites is 2. The molecule has 2 aromatic rings. The first kappa shape index (κ1) is 16.4. The molecule has 0 radical (unpaired) electrons. The monoisotopic (exact) mass is 346 g/mol. The number of rotatable bonds is 6. The van der Waals surface area contributed by atoms with Gasteiger partial charge in [-0.3, -0.25) is 14.9 Å². The van der Waals surface area contributed by atoms with Crippen molar-refractivity contribution >= 4 is 22.9 Å². The average Bonchev–Trinajstić information content (AvgIpc) is 3.26. The van der Waals surface area contributed by atoms with E-state index in [-0.39, 0.29) is 36.4 Å². The van der Waals surface area contributed by atoms with E-state index in [2.05, 4.69) is 6.07 Å². The van der Waals surface area contributed by atoms with Gasteiger partial charge in [-0.1, -0.05) is 18.2 Å². The van der Waals surface area contributed by atoms with Gasteiger partial charge >= 0.3 is 5.69 Å². The molecule has 1 atom stereocenters. The Kier molecular flexibility index (Phi) is 5.10. The normalized spacial score (nSPS) is 17.0. The van der Waals surface area contributed by atoms with Crippen molar-refractivity contribution in [3.63, 3.8) is 0 Å². The number of nitrogens with zero attached hydrogens (tertiary/aromatic N) is 2. The average molecular weight is 346 g/mol. The van der Waals surface area contributed by atoms with E-state index in [0.29, 0.717) is 0 Å². The summed E-state index contributed by atoms with van der Waals surface area (Å²) < 4.78 is 5.47. The molecule has 0 N–H and O–H groups in total. The van der Waals surface area contributed by atoms with Crippen LogP contribution in [0, 0.1) is 10.1 Å². The molecule has 2 heterocycles. The minimum absolute atomic E-state index is 0.0319. The highest BCUT2D eigenvalue weighted by molar-refractivity contribution is 7.10. The second-order valence-electron chi connectivity index (χ2n) is 5.58. The molecule has 0 bridgehead atoms. The second-order valence-corrected chi connectivity index (χ2v) is 6.56. The fourth-order valence-electron chi connectivity index (χ4n) is 2.96. The molecule has 1 amide bonds. The second kappa shape index (κ2) is 7.44. The summed E-state index contributed by atoms with van der Waals surface area (Å²) in [6, 6.07) is 10.4. The first-order valence-electron chi connectivity index (χ1n) is 7.86. The molecule has 0 saturated carbocycles. The smallest absolute Gasteiger partial charge is 0.310 e. The zero-order chi connectivity index (χ0) is 16.9. The number of nitro groups is 1. The lowest BCUT2D eigenvalue weighted by Crippen LogP contribution is -2.31. The van der Waals surface area contributed by atoms with Crippen molar-refractivity contribution < 1.29 is 14.5 Å². The lowest BCUT2D eigenvalue weighted by atomic mass is 10.2. The number of carbonyl (C=O) groups is 1. The van der Waals surface area contributed by atoms with Crippen LogP contribution in [0.5, 0.6) is 5.75 Å². The first-order valence-corrected chi connectivity index (χ1v) is 8.74. The molecule has 0 aliphatic carbocycles. The number of amides is 1. The number of hydrogen-bond donors (Lipinski definition) is 0. The Labute approximate surface area is 143 Å². The third-order valence-corrected chi connectivity index (χ3v) is 5.05. The molecule has 1 fully saturated rings. The summed E-state index contributed by atoms with van der Waals surface area (Å²) in [5.74, 6) is 0.232. The Hall–Kier alpha value is -2.41. The van der Waals surface area contributed by atoms with Crippen molar-refractivity contribution in [1.82, 2.24) is 4.90 Å². The highest BCUT2D eigenvalue weighted by atomic mass is 32.1. The van der Waals surface area contributed by atoms with Crippen LogP contribution in [0.3, 0.4) is 0 Å². The highest BCUT2D eigenvalue weighted by Gasteiger charge is 2.30. The van der Waals surface area contributed by atoms with Crippen LogP contribution in [0.15, 0.2) is 41.8 Å². The maximum absolute atomic E-state index is 12.5. The molecule has 1 unspecified atom stereocenters. The van der Waals surface area contributed by atoms with E-state index < -0.39 is 4.92 Å². The molecule has 126 valence electrons. The molecule has 6 nitrogen and oxygen atoms in total. The summed E-state index contributed by atoms with van der Waals surface area (Å²) in [5, 5.41) is 13.0. The summed E-state index contributed by atoms with van der Waals surface area (Å²) in [5.41, 5.74) is -0.0809. The van der Waals surface area contributed by atoms with Crippen molar-refractivity contribution in [2.45, 2.75) is 25.3 Å². The Balaban J connectivity index is 1.57.